The number of alkyl halides is 1. The van der Waals surface area contributed by atoms with Crippen molar-refractivity contribution in [2.45, 2.75) is 62.9 Å². The van der Waals surface area contributed by atoms with Gasteiger partial charge in [0.1, 0.15) is 12.3 Å². The number of benzene rings is 2. The molecule has 0 radical (unpaired) electrons. The molecule has 2 heterocycles. The predicted molar refractivity (Wildman–Crippen MR) is 160 cm³/mol. The number of ether oxygens (including phenoxy) is 2. The van der Waals surface area contributed by atoms with Crippen molar-refractivity contribution in [1.29, 1.82) is 0 Å². The van der Waals surface area contributed by atoms with Gasteiger partial charge in [-0.1, -0.05) is 36.4 Å². The summed E-state index contributed by atoms with van der Waals surface area (Å²) in [5, 5.41) is 0.705. The molecule has 2 N–H and O–H groups in total. The van der Waals surface area contributed by atoms with Crippen LogP contribution in [0.5, 0.6) is 0 Å². The van der Waals surface area contributed by atoms with Gasteiger partial charge in [-0.15, -0.1) is 0 Å². The Kier molecular flexibility index (Phi) is 10.3. The average Bonchev–Trinajstić information content (AvgIpc) is 3.68. The second kappa shape index (κ2) is 14.3. The van der Waals surface area contributed by atoms with Crippen LogP contribution in [0.3, 0.4) is 0 Å². The van der Waals surface area contributed by atoms with E-state index in [0.29, 0.717) is 49.8 Å². The second-order valence-electron chi connectivity index (χ2n) is 11.8. The van der Waals surface area contributed by atoms with Gasteiger partial charge in [-0.3, -0.25) is 9.59 Å². The summed E-state index contributed by atoms with van der Waals surface area (Å²) >= 11 is 0. The number of halogens is 1. The highest BCUT2D eigenvalue weighted by Crippen LogP contribution is 2.38. The Hall–Kier alpha value is -3.56. The van der Waals surface area contributed by atoms with Gasteiger partial charge in [-0.05, 0) is 67.3 Å². The molecule has 1 saturated heterocycles. The fourth-order valence-electron chi connectivity index (χ4n) is 6.69. The Morgan fingerprint density at radius 3 is 2.51 bits per heavy atom. The number of hydrogen-bond donors (Lipinski definition) is 1. The molecule has 8 nitrogen and oxygen atoms in total. The number of ketones is 1. The fraction of sp³-hybridized carbons (Fsp3) is 0.500. The molecule has 230 valence electrons. The van der Waals surface area contributed by atoms with E-state index >= 15 is 0 Å². The number of Topliss-reactive ketones (excluding diaryl/α,β-unsaturated/α-hetero) is 1. The van der Waals surface area contributed by atoms with Crippen molar-refractivity contribution in [1.82, 2.24) is 4.90 Å². The van der Waals surface area contributed by atoms with Crippen LogP contribution in [0.4, 0.5) is 4.39 Å². The third kappa shape index (κ3) is 7.16. The van der Waals surface area contributed by atoms with Crippen molar-refractivity contribution in [3.63, 3.8) is 0 Å². The van der Waals surface area contributed by atoms with Gasteiger partial charge in [0.2, 0.25) is 11.7 Å². The van der Waals surface area contributed by atoms with E-state index in [1.54, 1.807) is 24.1 Å². The number of carbonyl (C=O) groups excluding carboxylic acids is 3. The Balaban J connectivity index is 1.31. The lowest BCUT2D eigenvalue weighted by molar-refractivity contribution is -0.142. The summed E-state index contributed by atoms with van der Waals surface area (Å²) in [5.41, 5.74) is 8.30. The molecular weight excluding hydrogens is 551 g/mol. The molecule has 2 aromatic carbocycles. The molecule has 0 unspecified atom stereocenters. The van der Waals surface area contributed by atoms with Crippen molar-refractivity contribution in [3.8, 4) is 0 Å². The lowest BCUT2D eigenvalue weighted by atomic mass is 9.78. The second-order valence-corrected chi connectivity index (χ2v) is 11.8. The van der Waals surface area contributed by atoms with Gasteiger partial charge in [0, 0.05) is 56.4 Å². The molecule has 9 heteroatoms. The number of fused-ring (bicyclic) bond motifs is 1. The first-order valence-corrected chi connectivity index (χ1v) is 15.3. The van der Waals surface area contributed by atoms with Crippen LogP contribution in [-0.4, -0.2) is 68.2 Å². The van der Waals surface area contributed by atoms with Crippen molar-refractivity contribution in [2.24, 2.45) is 17.6 Å². The Labute approximate surface area is 251 Å². The van der Waals surface area contributed by atoms with Crippen molar-refractivity contribution in [2.75, 3.05) is 33.5 Å². The number of nitrogens with zero attached hydrogens (tertiary/aromatic N) is 1. The van der Waals surface area contributed by atoms with Crippen LogP contribution in [-0.2, 0) is 25.5 Å². The van der Waals surface area contributed by atoms with E-state index in [1.807, 2.05) is 42.5 Å². The van der Waals surface area contributed by atoms with Gasteiger partial charge < -0.3 is 24.5 Å². The van der Waals surface area contributed by atoms with E-state index in [0.717, 1.165) is 24.0 Å². The molecule has 1 aliphatic carbocycles. The van der Waals surface area contributed by atoms with E-state index in [9.17, 15) is 18.8 Å². The third-order valence-electron chi connectivity index (χ3n) is 9.03. The molecule has 43 heavy (non-hydrogen) atoms. The molecule has 1 aliphatic heterocycles. The van der Waals surface area contributed by atoms with E-state index in [-0.39, 0.29) is 48.2 Å². The zero-order valence-corrected chi connectivity index (χ0v) is 24.7. The van der Waals surface area contributed by atoms with Crippen molar-refractivity contribution in [3.05, 3.63) is 71.5 Å². The molecule has 1 saturated carbocycles. The molecule has 0 bridgehead atoms. The van der Waals surface area contributed by atoms with Crippen LogP contribution in [0, 0.1) is 11.8 Å². The summed E-state index contributed by atoms with van der Waals surface area (Å²) in [4.78, 5) is 42.1. The van der Waals surface area contributed by atoms with Gasteiger partial charge >= 0.3 is 5.97 Å². The topological polar surface area (TPSA) is 112 Å². The molecule has 2 aliphatic rings. The summed E-state index contributed by atoms with van der Waals surface area (Å²) in [7, 11) is 1.59. The Bertz CT molecular complexity index is 1400. The fourth-order valence-corrected chi connectivity index (χ4v) is 6.69. The monoisotopic (exact) mass is 592 g/mol. The van der Waals surface area contributed by atoms with Gasteiger partial charge in [-0.2, -0.15) is 0 Å². The molecule has 1 amide bonds. The standard InChI is InChI=1S/C34H41FN2O6/c1-41-16-5-17-42-34(40)31-20-26-18-22(8-13-30(26)43-31)19-29(38)32-27(23-6-3-2-4-7-23)14-15-37(32)33(39)25-11-9-24(10-12-25)28(36)21-35/h2-4,6-8,13,18,20,24-25,27-28,32H,5,9-12,14-17,19,21,36H2,1H3/t24?,25?,27-,28+,32-/m0/s1. The van der Waals surface area contributed by atoms with E-state index < -0.39 is 24.7 Å². The van der Waals surface area contributed by atoms with Crippen molar-refractivity contribution < 1.29 is 32.7 Å². The maximum Gasteiger partial charge on any atom is 0.374 e. The summed E-state index contributed by atoms with van der Waals surface area (Å²) in [6, 6.07) is 15.9. The smallest absolute Gasteiger partial charge is 0.374 e. The van der Waals surface area contributed by atoms with Crippen LogP contribution < -0.4 is 5.73 Å². The summed E-state index contributed by atoms with van der Waals surface area (Å²) in [6.45, 7) is 0.705. The van der Waals surface area contributed by atoms with E-state index in [4.69, 9.17) is 19.6 Å². The molecular formula is C34H41FN2O6. The number of carbonyl (C=O) groups is 3. The predicted octanol–water partition coefficient (Wildman–Crippen LogP) is 5.23. The molecule has 1 aromatic heterocycles. The molecule has 2 fully saturated rings. The van der Waals surface area contributed by atoms with Gasteiger partial charge in [0.25, 0.3) is 0 Å². The lowest BCUT2D eigenvalue weighted by Crippen LogP contribution is -2.47. The zero-order valence-electron chi connectivity index (χ0n) is 24.7. The van der Waals surface area contributed by atoms with E-state index in [2.05, 4.69) is 0 Å². The van der Waals surface area contributed by atoms with Gasteiger partial charge in [0.05, 0.1) is 12.6 Å². The maximum atomic E-state index is 14.0. The number of furan rings is 1. The Morgan fingerprint density at radius 1 is 1.02 bits per heavy atom. The number of methoxy groups -OCH3 is 1. The SMILES string of the molecule is COCCCOC(=O)c1cc2cc(CC(=O)[C@@H]3[C@H](c4ccccc4)CCN3C(=O)C3CCC([C@H](N)CF)CC3)ccc2o1. The highest BCUT2D eigenvalue weighted by atomic mass is 19.1. The number of nitrogens with two attached hydrogens (primary N) is 1. The normalized spacial score (nSPS) is 22.9. The summed E-state index contributed by atoms with van der Waals surface area (Å²) in [6.07, 6.45) is 4.23. The first kappa shape index (κ1) is 30.9. The largest absolute Gasteiger partial charge is 0.460 e. The zero-order chi connectivity index (χ0) is 30.3. The van der Waals surface area contributed by atoms with Crippen LogP contribution in [0.25, 0.3) is 11.0 Å². The number of amides is 1. The van der Waals surface area contributed by atoms with Gasteiger partial charge in [0.15, 0.2) is 5.78 Å². The molecule has 5 rings (SSSR count). The number of hydrogen-bond acceptors (Lipinski definition) is 7. The number of likely N-dealkylation sites (tertiary alicyclic amines) is 1. The molecule has 3 atom stereocenters. The highest BCUT2D eigenvalue weighted by Gasteiger charge is 2.44. The minimum atomic E-state index is -0.571. The summed E-state index contributed by atoms with van der Waals surface area (Å²) in [5.74, 6) is -0.616. The highest BCUT2D eigenvalue weighted by molar-refractivity contribution is 5.95. The minimum Gasteiger partial charge on any atom is -0.460 e. The van der Waals surface area contributed by atoms with Crippen LogP contribution in [0.2, 0.25) is 0 Å². The quantitative estimate of drug-likeness (QED) is 0.227. The van der Waals surface area contributed by atoms with E-state index in [1.165, 1.54) is 0 Å². The first-order chi connectivity index (χ1) is 20.9. The maximum absolute atomic E-state index is 14.0. The molecule has 0 spiro atoms. The van der Waals surface area contributed by atoms with Gasteiger partial charge in [-0.25, -0.2) is 9.18 Å². The third-order valence-corrected chi connectivity index (χ3v) is 9.03. The van der Waals surface area contributed by atoms with Crippen LogP contribution >= 0.6 is 0 Å². The van der Waals surface area contributed by atoms with Crippen LogP contribution in [0.15, 0.2) is 59.0 Å². The first-order valence-electron chi connectivity index (χ1n) is 15.3. The lowest BCUT2D eigenvalue weighted by Gasteiger charge is -2.35. The van der Waals surface area contributed by atoms with Crippen molar-refractivity contribution >= 4 is 28.6 Å². The molecule has 3 aromatic rings. The average molecular weight is 593 g/mol. The Morgan fingerprint density at radius 2 is 1.79 bits per heavy atom. The summed E-state index contributed by atoms with van der Waals surface area (Å²) < 4.78 is 29.0. The van der Waals surface area contributed by atoms with Crippen LogP contribution in [0.1, 0.15) is 66.1 Å². The minimum absolute atomic E-state index is 0.0167. The number of rotatable bonds is 12. The number of esters is 1.